The number of carbonyl (C=O) groups is 3. The summed E-state index contributed by atoms with van der Waals surface area (Å²) < 4.78 is 10.7. The van der Waals surface area contributed by atoms with Gasteiger partial charge >= 0.3 is 11.9 Å². The minimum atomic E-state index is -1.24. The molecular formula is C29H29N3O5. The Labute approximate surface area is 214 Å². The molecule has 8 nitrogen and oxygen atoms in total. The van der Waals surface area contributed by atoms with Crippen LogP contribution in [0.4, 0.5) is 0 Å². The van der Waals surface area contributed by atoms with Gasteiger partial charge in [-0.2, -0.15) is 0 Å². The van der Waals surface area contributed by atoms with E-state index in [-0.39, 0.29) is 26.1 Å². The third-order valence-corrected chi connectivity index (χ3v) is 5.89. The van der Waals surface area contributed by atoms with Crippen molar-refractivity contribution < 1.29 is 23.9 Å². The maximum absolute atomic E-state index is 12.9. The van der Waals surface area contributed by atoms with E-state index in [0.29, 0.717) is 0 Å². The number of hydrogen-bond acceptors (Lipinski definition) is 6. The second-order valence-electron chi connectivity index (χ2n) is 8.68. The Kier molecular flexibility index (Phi) is 8.67. The molecule has 1 heterocycles. The highest BCUT2D eigenvalue weighted by atomic mass is 16.5. The SMILES string of the molecule is N[C@@H](Cc1c[nH]c2ccccc12)C(=O)N[C@@H](CC(=O)OCc1ccccc1)C(=O)OCc1ccccc1. The fraction of sp³-hybridized carbons (Fsp3) is 0.207. The van der Waals surface area contributed by atoms with Gasteiger partial charge in [-0.1, -0.05) is 78.9 Å². The molecule has 4 aromatic rings. The molecule has 190 valence electrons. The van der Waals surface area contributed by atoms with Gasteiger partial charge in [0.05, 0.1) is 12.5 Å². The van der Waals surface area contributed by atoms with Crippen molar-refractivity contribution in [2.75, 3.05) is 0 Å². The number of fused-ring (bicyclic) bond motifs is 1. The smallest absolute Gasteiger partial charge is 0.329 e. The highest BCUT2D eigenvalue weighted by molar-refractivity contribution is 5.91. The Morgan fingerprint density at radius 3 is 2.08 bits per heavy atom. The lowest BCUT2D eigenvalue weighted by atomic mass is 10.0. The van der Waals surface area contributed by atoms with E-state index in [9.17, 15) is 14.4 Å². The molecule has 0 aliphatic carbocycles. The van der Waals surface area contributed by atoms with Crippen LogP contribution in [-0.4, -0.2) is 34.9 Å². The number of nitrogens with one attached hydrogen (secondary N) is 2. The topological polar surface area (TPSA) is 124 Å². The summed E-state index contributed by atoms with van der Waals surface area (Å²) in [4.78, 5) is 41.5. The summed E-state index contributed by atoms with van der Waals surface area (Å²) in [7, 11) is 0. The maximum atomic E-state index is 12.9. The van der Waals surface area contributed by atoms with Crippen LogP contribution in [-0.2, 0) is 43.5 Å². The number of nitrogens with two attached hydrogens (primary N) is 1. The summed E-state index contributed by atoms with van der Waals surface area (Å²) in [5.74, 6) is -1.95. The Balaban J connectivity index is 1.39. The molecule has 4 rings (SSSR count). The van der Waals surface area contributed by atoms with Crippen molar-refractivity contribution in [1.29, 1.82) is 0 Å². The summed E-state index contributed by atoms with van der Waals surface area (Å²) in [5.41, 5.74) is 9.59. The van der Waals surface area contributed by atoms with Gasteiger partial charge in [0.15, 0.2) is 0 Å². The number of esters is 2. The highest BCUT2D eigenvalue weighted by Crippen LogP contribution is 2.19. The van der Waals surface area contributed by atoms with Crippen molar-refractivity contribution in [2.24, 2.45) is 5.73 Å². The molecule has 0 aliphatic rings. The zero-order valence-corrected chi connectivity index (χ0v) is 20.3. The molecule has 1 amide bonds. The fourth-order valence-electron chi connectivity index (χ4n) is 3.90. The summed E-state index contributed by atoms with van der Waals surface area (Å²) in [6, 6.07) is 23.8. The Hall–Kier alpha value is -4.43. The summed E-state index contributed by atoms with van der Waals surface area (Å²) in [6.07, 6.45) is 1.68. The minimum absolute atomic E-state index is 0.00645. The number of ether oxygens (including phenoxy) is 2. The molecule has 37 heavy (non-hydrogen) atoms. The van der Waals surface area contributed by atoms with Gasteiger partial charge in [0, 0.05) is 17.1 Å². The zero-order chi connectivity index (χ0) is 26.0. The van der Waals surface area contributed by atoms with Crippen molar-refractivity contribution in [3.8, 4) is 0 Å². The fourth-order valence-corrected chi connectivity index (χ4v) is 3.90. The van der Waals surface area contributed by atoms with Crippen molar-refractivity contribution in [1.82, 2.24) is 10.3 Å². The van der Waals surface area contributed by atoms with Gasteiger partial charge in [-0.3, -0.25) is 9.59 Å². The van der Waals surface area contributed by atoms with Crippen molar-refractivity contribution in [3.05, 3.63) is 108 Å². The number of para-hydroxylation sites is 1. The molecule has 0 bridgehead atoms. The van der Waals surface area contributed by atoms with Crippen LogP contribution >= 0.6 is 0 Å². The van der Waals surface area contributed by atoms with Crippen molar-refractivity contribution in [2.45, 2.75) is 38.1 Å². The number of rotatable bonds is 11. The van der Waals surface area contributed by atoms with E-state index < -0.39 is 29.9 Å². The molecular weight excluding hydrogens is 470 g/mol. The lowest BCUT2D eigenvalue weighted by molar-refractivity contribution is -0.155. The molecule has 0 saturated carbocycles. The molecule has 0 unspecified atom stereocenters. The maximum Gasteiger partial charge on any atom is 0.329 e. The van der Waals surface area contributed by atoms with Gasteiger partial charge in [0.2, 0.25) is 5.91 Å². The largest absolute Gasteiger partial charge is 0.461 e. The number of H-pyrrole nitrogens is 1. The van der Waals surface area contributed by atoms with Crippen LogP contribution in [0.3, 0.4) is 0 Å². The molecule has 1 aromatic heterocycles. The first-order chi connectivity index (χ1) is 18.0. The van der Waals surface area contributed by atoms with Gasteiger partial charge in [0.25, 0.3) is 0 Å². The van der Waals surface area contributed by atoms with E-state index >= 15 is 0 Å². The van der Waals surface area contributed by atoms with Gasteiger partial charge in [0.1, 0.15) is 19.3 Å². The lowest BCUT2D eigenvalue weighted by Gasteiger charge is -2.20. The average Bonchev–Trinajstić information content (AvgIpc) is 3.34. The molecule has 4 N–H and O–H groups in total. The van der Waals surface area contributed by atoms with Crippen molar-refractivity contribution >= 4 is 28.7 Å². The molecule has 0 radical (unpaired) electrons. The predicted octanol–water partition coefficient (Wildman–Crippen LogP) is 3.40. The second-order valence-corrected chi connectivity index (χ2v) is 8.68. The third-order valence-electron chi connectivity index (χ3n) is 5.89. The van der Waals surface area contributed by atoms with Crippen molar-refractivity contribution in [3.63, 3.8) is 0 Å². The van der Waals surface area contributed by atoms with Crippen LogP contribution < -0.4 is 11.1 Å². The Bertz CT molecular complexity index is 1340. The van der Waals surface area contributed by atoms with Crippen LogP contribution in [0.1, 0.15) is 23.1 Å². The minimum Gasteiger partial charge on any atom is -0.461 e. The average molecular weight is 500 g/mol. The van der Waals surface area contributed by atoms with E-state index in [1.807, 2.05) is 91.1 Å². The molecule has 2 atom stereocenters. The third kappa shape index (κ3) is 7.28. The van der Waals surface area contributed by atoms with Crippen LogP contribution in [0.25, 0.3) is 10.9 Å². The number of hydrogen-bond donors (Lipinski definition) is 3. The quantitative estimate of drug-likeness (QED) is 0.272. The molecule has 0 spiro atoms. The molecule has 0 saturated heterocycles. The van der Waals surface area contributed by atoms with E-state index in [1.54, 1.807) is 0 Å². The molecule has 0 aliphatic heterocycles. The standard InChI is InChI=1S/C29H29N3O5/c30-24(15-22-17-31-25-14-8-7-13-23(22)25)28(34)32-26(29(35)37-19-21-11-5-2-6-12-21)16-27(33)36-18-20-9-3-1-4-10-20/h1-14,17,24,26,31H,15-16,18-19,30H2,(H,32,34)/t24-,26-/m0/s1. The summed E-state index contributed by atoms with van der Waals surface area (Å²) >= 11 is 0. The number of carbonyl (C=O) groups excluding carboxylic acids is 3. The van der Waals surface area contributed by atoms with E-state index in [1.165, 1.54) is 0 Å². The normalized spacial score (nSPS) is 12.5. The number of aromatic nitrogens is 1. The molecule has 3 aromatic carbocycles. The lowest BCUT2D eigenvalue weighted by Crippen LogP contribution is -2.50. The van der Waals surface area contributed by atoms with Crippen LogP contribution in [0.15, 0.2) is 91.1 Å². The van der Waals surface area contributed by atoms with Crippen LogP contribution in [0.2, 0.25) is 0 Å². The second kappa shape index (κ2) is 12.5. The first-order valence-electron chi connectivity index (χ1n) is 12.0. The first kappa shape index (κ1) is 25.7. The first-order valence-corrected chi connectivity index (χ1v) is 12.0. The van der Waals surface area contributed by atoms with Gasteiger partial charge in [-0.15, -0.1) is 0 Å². The zero-order valence-electron chi connectivity index (χ0n) is 20.3. The number of amides is 1. The van der Waals surface area contributed by atoms with Gasteiger partial charge in [-0.25, -0.2) is 4.79 Å². The van der Waals surface area contributed by atoms with Crippen LogP contribution in [0.5, 0.6) is 0 Å². The van der Waals surface area contributed by atoms with Crippen LogP contribution in [0, 0.1) is 0 Å². The number of benzene rings is 3. The van der Waals surface area contributed by atoms with E-state index in [0.717, 1.165) is 27.6 Å². The van der Waals surface area contributed by atoms with Gasteiger partial charge in [-0.05, 0) is 29.2 Å². The predicted molar refractivity (Wildman–Crippen MR) is 139 cm³/mol. The van der Waals surface area contributed by atoms with E-state index in [4.69, 9.17) is 15.2 Å². The number of aromatic amines is 1. The highest BCUT2D eigenvalue weighted by Gasteiger charge is 2.28. The molecule has 0 fully saturated rings. The molecule has 8 heteroatoms. The Morgan fingerprint density at radius 1 is 0.811 bits per heavy atom. The van der Waals surface area contributed by atoms with Gasteiger partial charge < -0.3 is 25.5 Å². The monoisotopic (exact) mass is 499 g/mol. The Morgan fingerprint density at radius 2 is 1.41 bits per heavy atom. The summed E-state index contributed by atoms with van der Waals surface area (Å²) in [5, 5.41) is 3.56. The van der Waals surface area contributed by atoms with E-state index in [2.05, 4.69) is 10.3 Å². The summed E-state index contributed by atoms with van der Waals surface area (Å²) in [6.45, 7) is 0.0615.